The van der Waals surface area contributed by atoms with E-state index in [-0.39, 0.29) is 17.3 Å². The summed E-state index contributed by atoms with van der Waals surface area (Å²) in [7, 11) is 7.37. The molecule has 0 aliphatic carbocycles. The van der Waals surface area contributed by atoms with E-state index in [1.54, 1.807) is 19.4 Å². The zero-order valence-electron chi connectivity index (χ0n) is 23.0. The summed E-state index contributed by atoms with van der Waals surface area (Å²) >= 11 is 0. The van der Waals surface area contributed by atoms with E-state index in [1.165, 1.54) is 0 Å². The van der Waals surface area contributed by atoms with Gasteiger partial charge < -0.3 is 29.0 Å². The Hall–Kier alpha value is -4.11. The number of anilines is 1. The smallest absolute Gasteiger partial charge is 0.319 e. The summed E-state index contributed by atoms with van der Waals surface area (Å²) in [5.41, 5.74) is 2.89. The molecule has 0 aliphatic heterocycles. The third-order valence-electron chi connectivity index (χ3n) is 6.16. The van der Waals surface area contributed by atoms with Gasteiger partial charge in [0.25, 0.3) is 5.91 Å². The van der Waals surface area contributed by atoms with Crippen molar-refractivity contribution >= 4 is 22.5 Å². The molecular formula is C29H35N5O4. The molecule has 0 aliphatic rings. The number of hydrogen-bond donors (Lipinski definition) is 1. The first-order valence-corrected chi connectivity index (χ1v) is 12.4. The van der Waals surface area contributed by atoms with Crippen LogP contribution in [0, 0.1) is 0 Å². The van der Waals surface area contributed by atoms with Crippen LogP contribution in [0.1, 0.15) is 36.8 Å². The molecule has 200 valence electrons. The van der Waals surface area contributed by atoms with E-state index in [4.69, 9.17) is 14.2 Å². The number of carbonyl (C=O) groups excluding carboxylic acids is 1. The van der Waals surface area contributed by atoms with E-state index in [2.05, 4.69) is 36.1 Å². The molecule has 0 fully saturated rings. The normalized spacial score (nSPS) is 11.6. The summed E-state index contributed by atoms with van der Waals surface area (Å²) in [5, 5.41) is 3.89. The molecule has 0 saturated heterocycles. The number of benzene rings is 2. The molecule has 1 amide bonds. The van der Waals surface area contributed by atoms with Crippen molar-refractivity contribution in [1.82, 2.24) is 19.4 Å². The first kappa shape index (κ1) is 26.9. The number of para-hydroxylation sites is 1. The number of methoxy groups -OCH3 is 1. The summed E-state index contributed by atoms with van der Waals surface area (Å²) < 4.78 is 19.1. The van der Waals surface area contributed by atoms with Crippen LogP contribution in [0.15, 0.2) is 54.7 Å². The Labute approximate surface area is 223 Å². The van der Waals surface area contributed by atoms with Crippen molar-refractivity contribution in [2.75, 3.05) is 39.7 Å². The lowest BCUT2D eigenvalue weighted by molar-refractivity contribution is 0.101. The molecule has 0 radical (unpaired) electrons. The summed E-state index contributed by atoms with van der Waals surface area (Å²) in [6.45, 7) is 7.59. The van der Waals surface area contributed by atoms with Gasteiger partial charge in [-0.25, -0.2) is 4.98 Å². The predicted molar refractivity (Wildman–Crippen MR) is 149 cm³/mol. The van der Waals surface area contributed by atoms with Crippen molar-refractivity contribution in [2.45, 2.75) is 26.2 Å². The van der Waals surface area contributed by atoms with Crippen molar-refractivity contribution in [3.8, 4) is 23.4 Å². The molecular weight excluding hydrogens is 482 g/mol. The first-order chi connectivity index (χ1) is 18.1. The topological polar surface area (TPSA) is 90.7 Å². The molecule has 0 unspecified atom stereocenters. The maximum atomic E-state index is 13.4. The molecule has 0 saturated carbocycles. The van der Waals surface area contributed by atoms with Gasteiger partial charge in [0.15, 0.2) is 5.75 Å². The lowest BCUT2D eigenvalue weighted by atomic mass is 9.87. The summed E-state index contributed by atoms with van der Waals surface area (Å²) in [5.74, 6) is 1.26. The third-order valence-corrected chi connectivity index (χ3v) is 6.16. The Morgan fingerprint density at radius 1 is 1.08 bits per heavy atom. The lowest BCUT2D eigenvalue weighted by Crippen LogP contribution is -2.20. The average Bonchev–Trinajstić information content (AvgIpc) is 3.21. The Bertz CT molecular complexity index is 1440. The van der Waals surface area contributed by atoms with Crippen LogP contribution in [0.25, 0.3) is 10.9 Å². The molecule has 0 bridgehead atoms. The summed E-state index contributed by atoms with van der Waals surface area (Å²) in [6.07, 6.45) is 1.59. The van der Waals surface area contributed by atoms with Crippen molar-refractivity contribution in [1.29, 1.82) is 0 Å². The minimum absolute atomic E-state index is 0.0735. The quantitative estimate of drug-likeness (QED) is 0.324. The van der Waals surface area contributed by atoms with Crippen LogP contribution in [0.5, 0.6) is 23.4 Å². The van der Waals surface area contributed by atoms with Gasteiger partial charge in [-0.3, -0.25) is 4.79 Å². The minimum Gasteiger partial charge on any atom is -0.495 e. The number of rotatable bonds is 9. The third kappa shape index (κ3) is 6.06. The van der Waals surface area contributed by atoms with Crippen LogP contribution in [-0.2, 0) is 12.5 Å². The zero-order chi connectivity index (χ0) is 27.4. The number of fused-ring (bicyclic) bond motifs is 1. The monoisotopic (exact) mass is 517 g/mol. The molecule has 0 atom stereocenters. The fraction of sp³-hybridized carbons (Fsp3) is 0.345. The number of carbonyl (C=O) groups is 1. The standard InChI is InChI=1S/C29H35N5O4/c1-29(2,3)20-11-12-23(36-7)21(18-20)31-27(35)22-17-19-9-8-10-24(26(19)34(22)6)38-25-13-14-30-28(32-25)37-16-15-33(4)5/h8-14,17-18H,15-16H2,1-7H3,(H,31,35). The Morgan fingerprint density at radius 2 is 1.87 bits per heavy atom. The second-order valence-electron chi connectivity index (χ2n) is 10.3. The number of aromatic nitrogens is 3. The maximum absolute atomic E-state index is 13.4. The van der Waals surface area contributed by atoms with E-state index in [0.717, 1.165) is 23.0 Å². The number of amides is 1. The molecule has 9 nitrogen and oxygen atoms in total. The molecule has 1 N–H and O–H groups in total. The molecule has 2 aromatic carbocycles. The van der Waals surface area contributed by atoms with Gasteiger partial charge in [-0.1, -0.05) is 39.0 Å². The number of hydrogen-bond acceptors (Lipinski definition) is 7. The van der Waals surface area contributed by atoms with Crippen LogP contribution < -0.4 is 19.5 Å². The molecule has 4 aromatic rings. The van der Waals surface area contributed by atoms with E-state index in [9.17, 15) is 4.79 Å². The SMILES string of the molecule is COc1ccc(C(C)(C)C)cc1NC(=O)c1cc2cccc(Oc3ccnc(OCCN(C)C)n3)c2n1C. The van der Waals surface area contributed by atoms with Crippen LogP contribution in [0.4, 0.5) is 5.69 Å². The van der Waals surface area contributed by atoms with Gasteiger partial charge in [-0.15, -0.1) is 0 Å². The highest BCUT2D eigenvalue weighted by Gasteiger charge is 2.20. The van der Waals surface area contributed by atoms with Crippen LogP contribution in [0.2, 0.25) is 0 Å². The van der Waals surface area contributed by atoms with Gasteiger partial charge in [0.2, 0.25) is 5.88 Å². The second-order valence-corrected chi connectivity index (χ2v) is 10.3. The molecule has 2 aromatic heterocycles. The average molecular weight is 518 g/mol. The highest BCUT2D eigenvalue weighted by molar-refractivity contribution is 6.07. The number of aryl methyl sites for hydroxylation is 1. The Balaban J connectivity index is 1.60. The maximum Gasteiger partial charge on any atom is 0.319 e. The highest BCUT2D eigenvalue weighted by atomic mass is 16.5. The van der Waals surface area contributed by atoms with Crippen LogP contribution in [0.3, 0.4) is 0 Å². The summed E-state index contributed by atoms with van der Waals surface area (Å²) in [4.78, 5) is 24.0. The first-order valence-electron chi connectivity index (χ1n) is 12.4. The highest BCUT2D eigenvalue weighted by Crippen LogP contribution is 2.34. The zero-order valence-corrected chi connectivity index (χ0v) is 23.0. The number of ether oxygens (including phenoxy) is 3. The van der Waals surface area contributed by atoms with E-state index >= 15 is 0 Å². The van der Waals surface area contributed by atoms with Gasteiger partial charge in [0.1, 0.15) is 18.1 Å². The summed E-state index contributed by atoms with van der Waals surface area (Å²) in [6, 6.07) is 15.3. The molecule has 38 heavy (non-hydrogen) atoms. The fourth-order valence-electron chi connectivity index (χ4n) is 4.02. The predicted octanol–water partition coefficient (Wildman–Crippen LogP) is 5.26. The van der Waals surface area contributed by atoms with Gasteiger partial charge in [-0.2, -0.15) is 4.98 Å². The Morgan fingerprint density at radius 3 is 2.58 bits per heavy atom. The molecule has 9 heteroatoms. The van der Waals surface area contributed by atoms with Crippen LogP contribution >= 0.6 is 0 Å². The van der Waals surface area contributed by atoms with Gasteiger partial charge in [0.05, 0.1) is 18.3 Å². The van der Waals surface area contributed by atoms with Gasteiger partial charge in [-0.05, 0) is 49.3 Å². The van der Waals surface area contributed by atoms with E-state index in [0.29, 0.717) is 35.4 Å². The second kappa shape index (κ2) is 11.1. The van der Waals surface area contributed by atoms with Gasteiger partial charge in [0, 0.05) is 31.2 Å². The molecule has 2 heterocycles. The van der Waals surface area contributed by atoms with Crippen molar-refractivity contribution < 1.29 is 19.0 Å². The Kier molecular flexibility index (Phi) is 7.87. The number of likely N-dealkylation sites (N-methyl/N-ethyl adjacent to an activating group) is 1. The largest absolute Gasteiger partial charge is 0.495 e. The lowest BCUT2D eigenvalue weighted by Gasteiger charge is -2.21. The van der Waals surface area contributed by atoms with Crippen molar-refractivity contribution in [2.24, 2.45) is 7.05 Å². The molecule has 4 rings (SSSR count). The van der Waals surface area contributed by atoms with Crippen LogP contribution in [-0.4, -0.2) is 59.7 Å². The number of nitrogens with zero attached hydrogens (tertiary/aromatic N) is 4. The van der Waals surface area contributed by atoms with Crippen molar-refractivity contribution in [3.63, 3.8) is 0 Å². The fourth-order valence-corrected chi connectivity index (χ4v) is 4.02. The van der Waals surface area contributed by atoms with Crippen molar-refractivity contribution in [3.05, 3.63) is 66.0 Å². The van der Waals surface area contributed by atoms with Gasteiger partial charge >= 0.3 is 6.01 Å². The number of nitrogens with one attached hydrogen (secondary N) is 1. The molecule has 0 spiro atoms. The van der Waals surface area contributed by atoms with E-state index in [1.807, 2.05) is 73.1 Å². The van der Waals surface area contributed by atoms with E-state index < -0.39 is 0 Å². The minimum atomic E-state index is -0.252.